The maximum atomic E-state index is 12.9. The highest BCUT2D eigenvalue weighted by atomic mass is 16.2. The molecule has 26 heavy (non-hydrogen) atoms. The molecule has 2 aliphatic heterocycles. The average molecular weight is 355 g/mol. The number of carbonyl (C=O) groups excluding carboxylic acids is 2. The Labute approximate surface area is 155 Å². The molecular formula is C21H29N3O2. The largest absolute Gasteiger partial charge is 0.343 e. The van der Waals surface area contributed by atoms with E-state index in [1.807, 2.05) is 9.80 Å². The number of benzene rings is 1. The number of hydrogen-bond acceptors (Lipinski definition) is 2. The van der Waals surface area contributed by atoms with E-state index in [1.54, 1.807) is 6.92 Å². The molecule has 3 amide bonds. The average Bonchev–Trinajstić information content (AvgIpc) is 3.04. The Kier molecular flexibility index (Phi) is 4.63. The molecule has 2 heterocycles. The zero-order valence-corrected chi connectivity index (χ0v) is 15.6. The minimum absolute atomic E-state index is 0.0796. The number of hydrogen-bond donors (Lipinski definition) is 1. The number of carbonyl (C=O) groups is 2. The number of nitrogens with zero attached hydrogens (tertiary/aromatic N) is 2. The van der Waals surface area contributed by atoms with Crippen LogP contribution in [-0.2, 0) is 4.79 Å². The van der Waals surface area contributed by atoms with Crippen LogP contribution < -0.4 is 5.32 Å². The van der Waals surface area contributed by atoms with Crippen LogP contribution in [0.1, 0.15) is 50.5 Å². The molecule has 1 N–H and O–H groups in total. The Morgan fingerprint density at radius 3 is 2.35 bits per heavy atom. The molecule has 1 aromatic rings. The van der Waals surface area contributed by atoms with E-state index in [9.17, 15) is 9.59 Å². The lowest BCUT2D eigenvalue weighted by atomic mass is 9.61. The first kappa shape index (κ1) is 17.4. The molecule has 5 nitrogen and oxygen atoms in total. The summed E-state index contributed by atoms with van der Waals surface area (Å²) in [5, 5.41) is 3.23. The van der Waals surface area contributed by atoms with Gasteiger partial charge in [0.05, 0.1) is 0 Å². The third-order valence-electron chi connectivity index (χ3n) is 6.75. The summed E-state index contributed by atoms with van der Waals surface area (Å²) < 4.78 is 0. The minimum atomic E-state index is 0.0796. The molecule has 1 saturated carbocycles. The van der Waals surface area contributed by atoms with Crippen molar-refractivity contribution in [1.29, 1.82) is 0 Å². The van der Waals surface area contributed by atoms with Gasteiger partial charge in [-0.1, -0.05) is 36.8 Å². The number of piperidine rings is 1. The quantitative estimate of drug-likeness (QED) is 0.887. The van der Waals surface area contributed by atoms with Crippen LogP contribution in [0.4, 0.5) is 4.79 Å². The van der Waals surface area contributed by atoms with Gasteiger partial charge in [-0.25, -0.2) is 4.79 Å². The maximum Gasteiger partial charge on any atom is 0.317 e. The molecule has 1 aromatic carbocycles. The van der Waals surface area contributed by atoms with Crippen molar-refractivity contribution < 1.29 is 9.59 Å². The lowest BCUT2D eigenvalue weighted by Gasteiger charge is -2.43. The molecule has 3 aliphatic rings. The molecule has 0 bridgehead atoms. The number of nitrogens with one attached hydrogen (secondary N) is 1. The van der Waals surface area contributed by atoms with E-state index in [-0.39, 0.29) is 23.4 Å². The molecule has 1 atom stereocenters. The smallest absolute Gasteiger partial charge is 0.317 e. The van der Waals surface area contributed by atoms with Crippen molar-refractivity contribution >= 4 is 11.9 Å². The van der Waals surface area contributed by atoms with E-state index in [1.165, 1.54) is 24.8 Å². The highest BCUT2D eigenvalue weighted by Gasteiger charge is 2.51. The second kappa shape index (κ2) is 6.93. The highest BCUT2D eigenvalue weighted by molar-refractivity contribution is 5.75. The first-order valence-electron chi connectivity index (χ1n) is 9.93. The van der Waals surface area contributed by atoms with Crippen LogP contribution in [0.3, 0.4) is 0 Å². The molecule has 5 heteroatoms. The summed E-state index contributed by atoms with van der Waals surface area (Å²) in [6, 6.07) is 11.0. The number of amides is 3. The minimum Gasteiger partial charge on any atom is -0.343 e. The first-order chi connectivity index (χ1) is 12.6. The van der Waals surface area contributed by atoms with Crippen LogP contribution >= 0.6 is 0 Å². The van der Waals surface area contributed by atoms with E-state index in [2.05, 4.69) is 35.6 Å². The molecule has 1 aliphatic carbocycles. The van der Waals surface area contributed by atoms with Crippen molar-refractivity contribution in [2.45, 2.75) is 51.0 Å². The normalized spacial score (nSPS) is 25.2. The number of rotatable bonds is 2. The third-order valence-corrected chi connectivity index (χ3v) is 6.75. The predicted molar refractivity (Wildman–Crippen MR) is 101 cm³/mol. The van der Waals surface area contributed by atoms with Crippen molar-refractivity contribution in [1.82, 2.24) is 15.1 Å². The van der Waals surface area contributed by atoms with Gasteiger partial charge in [-0.05, 0) is 36.7 Å². The Balaban J connectivity index is 1.38. The van der Waals surface area contributed by atoms with E-state index in [4.69, 9.17) is 0 Å². The summed E-state index contributed by atoms with van der Waals surface area (Å²) in [5.41, 5.74) is 1.66. The lowest BCUT2D eigenvalue weighted by molar-refractivity contribution is -0.129. The highest BCUT2D eigenvalue weighted by Crippen LogP contribution is 2.55. The van der Waals surface area contributed by atoms with Gasteiger partial charge in [0.2, 0.25) is 5.91 Å². The molecule has 140 valence electrons. The second-order valence-corrected chi connectivity index (χ2v) is 8.29. The zero-order chi connectivity index (χ0) is 18.1. The van der Waals surface area contributed by atoms with Gasteiger partial charge in [0.15, 0.2) is 0 Å². The summed E-state index contributed by atoms with van der Waals surface area (Å²) in [7, 11) is 0. The summed E-state index contributed by atoms with van der Waals surface area (Å²) in [5.74, 6) is 0.592. The van der Waals surface area contributed by atoms with Gasteiger partial charge in [-0.2, -0.15) is 0 Å². The lowest BCUT2D eigenvalue weighted by Crippen LogP contribution is -2.50. The topological polar surface area (TPSA) is 52.7 Å². The van der Waals surface area contributed by atoms with Gasteiger partial charge in [-0.15, -0.1) is 0 Å². The van der Waals surface area contributed by atoms with Crippen LogP contribution in [0.2, 0.25) is 0 Å². The Hall–Kier alpha value is -2.04. The molecule has 3 fully saturated rings. The molecule has 1 spiro atoms. The summed E-state index contributed by atoms with van der Waals surface area (Å²) in [4.78, 5) is 28.2. The van der Waals surface area contributed by atoms with Crippen molar-refractivity contribution in [3.63, 3.8) is 0 Å². The molecule has 2 saturated heterocycles. The fourth-order valence-electron chi connectivity index (χ4n) is 5.01. The van der Waals surface area contributed by atoms with Gasteiger partial charge < -0.3 is 15.1 Å². The summed E-state index contributed by atoms with van der Waals surface area (Å²) in [6.45, 7) is 4.81. The first-order valence-corrected chi connectivity index (χ1v) is 9.93. The Morgan fingerprint density at radius 2 is 1.77 bits per heavy atom. The molecule has 1 unspecified atom stereocenters. The molecule has 0 radical (unpaired) electrons. The summed E-state index contributed by atoms with van der Waals surface area (Å²) >= 11 is 0. The number of urea groups is 1. The van der Waals surface area contributed by atoms with Gasteiger partial charge in [0.25, 0.3) is 0 Å². The Bertz CT molecular complexity index is 663. The Morgan fingerprint density at radius 1 is 1.08 bits per heavy atom. The number of likely N-dealkylation sites (tertiary alicyclic amines) is 2. The van der Waals surface area contributed by atoms with Crippen molar-refractivity contribution in [2.24, 2.45) is 5.41 Å². The second-order valence-electron chi connectivity index (χ2n) is 8.29. The van der Waals surface area contributed by atoms with Crippen molar-refractivity contribution in [3.8, 4) is 0 Å². The van der Waals surface area contributed by atoms with Crippen LogP contribution in [0.15, 0.2) is 30.3 Å². The molecule has 0 aromatic heterocycles. The van der Waals surface area contributed by atoms with E-state index >= 15 is 0 Å². The van der Waals surface area contributed by atoms with Crippen molar-refractivity contribution in [3.05, 3.63) is 35.9 Å². The van der Waals surface area contributed by atoms with Gasteiger partial charge in [0.1, 0.15) is 0 Å². The fourth-order valence-corrected chi connectivity index (χ4v) is 5.01. The molecule has 4 rings (SSSR count). The standard InChI is InChI=1S/C21H29N3O2/c1-16(25)23-12-8-18(9-13-23)22-20(26)24-14-19(17-6-3-2-4-7-17)21(15-24)10-5-11-21/h2-4,6-7,18-19H,5,8-15H2,1H3,(H,22,26). The van der Waals surface area contributed by atoms with E-state index in [0.717, 1.165) is 39.0 Å². The van der Waals surface area contributed by atoms with Crippen LogP contribution in [-0.4, -0.2) is 54.0 Å². The monoisotopic (exact) mass is 355 g/mol. The van der Waals surface area contributed by atoms with Gasteiger partial charge in [-0.3, -0.25) is 4.79 Å². The van der Waals surface area contributed by atoms with Crippen LogP contribution in [0.5, 0.6) is 0 Å². The van der Waals surface area contributed by atoms with Crippen molar-refractivity contribution in [2.75, 3.05) is 26.2 Å². The SMILES string of the molecule is CC(=O)N1CCC(NC(=O)N2CC(c3ccccc3)C3(CCC3)C2)CC1. The van der Waals surface area contributed by atoms with Crippen LogP contribution in [0, 0.1) is 5.41 Å². The van der Waals surface area contributed by atoms with Crippen LogP contribution in [0.25, 0.3) is 0 Å². The molecular weight excluding hydrogens is 326 g/mol. The van der Waals surface area contributed by atoms with E-state index < -0.39 is 0 Å². The predicted octanol–water partition coefficient (Wildman–Crippen LogP) is 2.98. The fraction of sp³-hybridized carbons (Fsp3) is 0.619. The van der Waals surface area contributed by atoms with E-state index in [0.29, 0.717) is 5.92 Å². The third kappa shape index (κ3) is 3.19. The maximum absolute atomic E-state index is 12.9. The van der Waals surface area contributed by atoms with Gasteiger partial charge in [0, 0.05) is 45.1 Å². The summed E-state index contributed by atoms with van der Waals surface area (Å²) in [6.07, 6.45) is 5.45. The van der Waals surface area contributed by atoms with Gasteiger partial charge >= 0.3 is 6.03 Å². The zero-order valence-electron chi connectivity index (χ0n) is 15.6.